The number of amides is 2. The summed E-state index contributed by atoms with van der Waals surface area (Å²) in [6.07, 6.45) is 4.23. The first-order chi connectivity index (χ1) is 12.6. The van der Waals surface area contributed by atoms with Gasteiger partial charge in [0.1, 0.15) is 12.3 Å². The van der Waals surface area contributed by atoms with E-state index in [-0.39, 0.29) is 23.6 Å². The fraction of sp³-hybridized carbons (Fsp3) is 0.0526. The maximum Gasteiger partial charge on any atom is 0.275 e. The van der Waals surface area contributed by atoms with Gasteiger partial charge in [0.15, 0.2) is 5.75 Å². The van der Waals surface area contributed by atoms with Crippen molar-refractivity contribution in [3.63, 3.8) is 0 Å². The Morgan fingerprint density at radius 1 is 1.04 bits per heavy atom. The molecule has 3 N–H and O–H groups in total. The Kier molecular flexibility index (Phi) is 5.19. The predicted octanol–water partition coefficient (Wildman–Crippen LogP) is 2.41. The van der Waals surface area contributed by atoms with Crippen molar-refractivity contribution in [2.45, 2.75) is 6.61 Å². The SMILES string of the molecule is NC(=O)c1cccc(NC(=O)c2cnccn2)c1OCc1ccccc1. The van der Waals surface area contributed by atoms with Crippen LogP contribution in [0, 0.1) is 0 Å². The second-order valence-electron chi connectivity index (χ2n) is 5.37. The first kappa shape index (κ1) is 17.1. The van der Waals surface area contributed by atoms with Crippen LogP contribution in [0.5, 0.6) is 5.75 Å². The highest BCUT2D eigenvalue weighted by atomic mass is 16.5. The van der Waals surface area contributed by atoms with Gasteiger partial charge in [0, 0.05) is 12.4 Å². The molecule has 0 bridgehead atoms. The molecule has 0 fully saturated rings. The summed E-state index contributed by atoms with van der Waals surface area (Å²) >= 11 is 0. The highest BCUT2D eigenvalue weighted by Gasteiger charge is 2.17. The molecular formula is C19H16N4O3. The van der Waals surface area contributed by atoms with Crippen LogP contribution < -0.4 is 15.8 Å². The number of ether oxygens (including phenoxy) is 1. The van der Waals surface area contributed by atoms with Crippen molar-refractivity contribution < 1.29 is 14.3 Å². The van der Waals surface area contributed by atoms with E-state index in [9.17, 15) is 9.59 Å². The standard InChI is InChI=1S/C19H16N4O3/c20-18(24)14-7-4-8-15(23-19(25)16-11-21-9-10-22-16)17(14)26-12-13-5-2-1-3-6-13/h1-11H,12H2,(H2,20,24)(H,23,25). The zero-order valence-electron chi connectivity index (χ0n) is 13.8. The van der Waals surface area contributed by atoms with Gasteiger partial charge in [-0.25, -0.2) is 4.98 Å². The molecule has 130 valence electrons. The highest BCUT2D eigenvalue weighted by molar-refractivity contribution is 6.05. The van der Waals surface area contributed by atoms with Gasteiger partial charge in [-0.05, 0) is 17.7 Å². The molecule has 2 aromatic carbocycles. The number of hydrogen-bond acceptors (Lipinski definition) is 5. The predicted molar refractivity (Wildman–Crippen MR) is 95.7 cm³/mol. The fourth-order valence-corrected chi connectivity index (χ4v) is 2.32. The average Bonchev–Trinajstić information content (AvgIpc) is 2.68. The lowest BCUT2D eigenvalue weighted by molar-refractivity contribution is 0.0990. The van der Waals surface area contributed by atoms with E-state index in [0.29, 0.717) is 5.69 Å². The lowest BCUT2D eigenvalue weighted by atomic mass is 10.1. The van der Waals surface area contributed by atoms with Crippen molar-refractivity contribution in [2.24, 2.45) is 5.73 Å². The molecule has 0 saturated heterocycles. The van der Waals surface area contributed by atoms with Crippen LogP contribution in [0.25, 0.3) is 0 Å². The molecule has 0 aliphatic heterocycles. The third kappa shape index (κ3) is 4.02. The number of anilines is 1. The smallest absolute Gasteiger partial charge is 0.275 e. The van der Waals surface area contributed by atoms with Crippen LogP contribution in [0.15, 0.2) is 67.1 Å². The maximum absolute atomic E-state index is 12.3. The van der Waals surface area contributed by atoms with Crippen molar-refractivity contribution in [1.29, 1.82) is 0 Å². The van der Waals surface area contributed by atoms with Crippen molar-refractivity contribution in [1.82, 2.24) is 9.97 Å². The van der Waals surface area contributed by atoms with Crippen LogP contribution in [-0.4, -0.2) is 21.8 Å². The van der Waals surface area contributed by atoms with Gasteiger partial charge in [0.05, 0.1) is 17.4 Å². The van der Waals surface area contributed by atoms with Crippen LogP contribution in [0.4, 0.5) is 5.69 Å². The van der Waals surface area contributed by atoms with E-state index in [1.54, 1.807) is 18.2 Å². The van der Waals surface area contributed by atoms with Gasteiger partial charge in [0.2, 0.25) is 0 Å². The summed E-state index contributed by atoms with van der Waals surface area (Å²) in [6, 6.07) is 14.2. The Hall–Kier alpha value is -3.74. The molecule has 2 amide bonds. The topological polar surface area (TPSA) is 107 Å². The highest BCUT2D eigenvalue weighted by Crippen LogP contribution is 2.30. The molecule has 7 nitrogen and oxygen atoms in total. The van der Waals surface area contributed by atoms with Gasteiger partial charge in [-0.3, -0.25) is 14.6 Å². The number of benzene rings is 2. The van der Waals surface area contributed by atoms with Crippen LogP contribution in [0.3, 0.4) is 0 Å². The number of nitrogens with one attached hydrogen (secondary N) is 1. The molecule has 0 atom stereocenters. The zero-order valence-corrected chi connectivity index (χ0v) is 13.8. The van der Waals surface area contributed by atoms with Gasteiger partial charge >= 0.3 is 0 Å². The summed E-state index contributed by atoms with van der Waals surface area (Å²) in [5.41, 5.74) is 7.00. The molecule has 1 aromatic heterocycles. The van der Waals surface area contributed by atoms with Crippen LogP contribution in [-0.2, 0) is 6.61 Å². The van der Waals surface area contributed by atoms with E-state index in [0.717, 1.165) is 5.56 Å². The number of nitrogens with two attached hydrogens (primary N) is 1. The first-order valence-electron chi connectivity index (χ1n) is 7.82. The van der Waals surface area contributed by atoms with E-state index in [1.807, 2.05) is 30.3 Å². The molecule has 3 aromatic rings. The summed E-state index contributed by atoms with van der Waals surface area (Å²) < 4.78 is 5.80. The lowest BCUT2D eigenvalue weighted by Gasteiger charge is -2.15. The van der Waals surface area contributed by atoms with Gasteiger partial charge in [0.25, 0.3) is 11.8 Å². The van der Waals surface area contributed by atoms with Crippen LogP contribution in [0.1, 0.15) is 26.4 Å². The number of primary amides is 1. The fourth-order valence-electron chi connectivity index (χ4n) is 2.32. The number of carbonyl (C=O) groups excluding carboxylic acids is 2. The van der Waals surface area contributed by atoms with E-state index in [4.69, 9.17) is 10.5 Å². The minimum atomic E-state index is -0.649. The van der Waals surface area contributed by atoms with Gasteiger partial charge in [-0.2, -0.15) is 0 Å². The molecule has 0 saturated carbocycles. The number of rotatable bonds is 6. The number of aromatic nitrogens is 2. The number of hydrogen-bond donors (Lipinski definition) is 2. The summed E-state index contributed by atoms with van der Waals surface area (Å²) in [5, 5.41) is 2.68. The second-order valence-corrected chi connectivity index (χ2v) is 5.37. The summed E-state index contributed by atoms with van der Waals surface area (Å²) in [7, 11) is 0. The largest absolute Gasteiger partial charge is 0.486 e. The Morgan fingerprint density at radius 3 is 2.54 bits per heavy atom. The summed E-state index contributed by atoms with van der Waals surface area (Å²) in [4.78, 5) is 31.9. The normalized spacial score (nSPS) is 10.2. The third-order valence-electron chi connectivity index (χ3n) is 3.55. The maximum atomic E-state index is 12.3. The van der Waals surface area contributed by atoms with Gasteiger partial charge in [-0.15, -0.1) is 0 Å². The second kappa shape index (κ2) is 7.89. The van der Waals surface area contributed by atoms with E-state index in [2.05, 4.69) is 15.3 Å². The molecule has 7 heteroatoms. The number of carbonyl (C=O) groups is 2. The van der Waals surface area contributed by atoms with Crippen molar-refractivity contribution in [3.8, 4) is 5.75 Å². The molecule has 0 aliphatic carbocycles. The molecule has 0 radical (unpaired) electrons. The molecule has 1 heterocycles. The lowest BCUT2D eigenvalue weighted by Crippen LogP contribution is -2.18. The Morgan fingerprint density at radius 2 is 1.85 bits per heavy atom. The third-order valence-corrected chi connectivity index (χ3v) is 3.55. The molecular weight excluding hydrogens is 332 g/mol. The minimum Gasteiger partial charge on any atom is -0.486 e. The summed E-state index contributed by atoms with van der Waals surface area (Å²) in [5.74, 6) is -0.908. The number of nitrogens with zero attached hydrogens (tertiary/aromatic N) is 2. The molecule has 3 rings (SSSR count). The average molecular weight is 348 g/mol. The quantitative estimate of drug-likeness (QED) is 0.711. The Bertz CT molecular complexity index is 915. The monoisotopic (exact) mass is 348 g/mol. The van der Waals surface area contributed by atoms with E-state index >= 15 is 0 Å². The van der Waals surface area contributed by atoms with Crippen molar-refractivity contribution in [2.75, 3.05) is 5.32 Å². The molecule has 0 aliphatic rings. The van der Waals surface area contributed by atoms with Crippen LogP contribution in [0.2, 0.25) is 0 Å². The molecule has 26 heavy (non-hydrogen) atoms. The van der Waals surface area contributed by atoms with Gasteiger partial charge in [-0.1, -0.05) is 36.4 Å². The van der Waals surface area contributed by atoms with E-state index < -0.39 is 11.8 Å². The van der Waals surface area contributed by atoms with Gasteiger partial charge < -0.3 is 15.8 Å². The Labute approximate surface area is 149 Å². The Balaban J connectivity index is 1.88. The minimum absolute atomic E-state index is 0.144. The zero-order chi connectivity index (χ0) is 18.4. The van der Waals surface area contributed by atoms with Crippen molar-refractivity contribution in [3.05, 3.63) is 83.9 Å². The molecule has 0 spiro atoms. The first-order valence-corrected chi connectivity index (χ1v) is 7.82. The van der Waals surface area contributed by atoms with E-state index in [1.165, 1.54) is 18.6 Å². The van der Waals surface area contributed by atoms with Crippen LogP contribution >= 0.6 is 0 Å². The molecule has 0 unspecified atom stereocenters. The van der Waals surface area contributed by atoms with Crippen molar-refractivity contribution >= 4 is 17.5 Å². The number of para-hydroxylation sites is 1. The summed E-state index contributed by atoms with van der Waals surface area (Å²) in [6.45, 7) is 0.221.